The highest BCUT2D eigenvalue weighted by Gasteiger charge is 2.43. The van der Waals surface area contributed by atoms with Gasteiger partial charge in [-0.25, -0.2) is 26.4 Å². The summed E-state index contributed by atoms with van der Waals surface area (Å²) >= 11 is 0. The molecule has 1 aliphatic carbocycles. The van der Waals surface area contributed by atoms with Gasteiger partial charge in [-0.1, -0.05) is 48.8 Å². The summed E-state index contributed by atoms with van der Waals surface area (Å²) in [5, 5.41) is 6.24. The van der Waals surface area contributed by atoms with Gasteiger partial charge in [0.2, 0.25) is 11.7 Å². The molecule has 2 amide bonds. The molecule has 1 aromatic heterocycles. The van der Waals surface area contributed by atoms with Gasteiger partial charge in [0, 0.05) is 19.4 Å². The van der Waals surface area contributed by atoms with Gasteiger partial charge in [-0.05, 0) is 62.6 Å². The smallest absolute Gasteiger partial charge is 0.408 e. The van der Waals surface area contributed by atoms with E-state index in [4.69, 9.17) is 9.26 Å². The van der Waals surface area contributed by atoms with Crippen LogP contribution < -0.4 is 10.2 Å². The van der Waals surface area contributed by atoms with Crippen molar-refractivity contribution in [3.8, 4) is 11.4 Å². The number of alkyl carbamates (subject to hydrolysis) is 1. The highest BCUT2D eigenvalue weighted by Crippen LogP contribution is 2.43. The first kappa shape index (κ1) is 35.6. The third-order valence-corrected chi connectivity index (χ3v) is 10.5. The number of likely N-dealkylation sites (tertiary alicyclic amines) is 1. The number of alkyl halides is 2. The van der Waals surface area contributed by atoms with Crippen LogP contribution in [0, 0.1) is 18.2 Å². The van der Waals surface area contributed by atoms with Crippen molar-refractivity contribution in [1.29, 1.82) is 0 Å². The number of hydrogen-bond acceptors (Lipinski definition) is 9. The fourth-order valence-corrected chi connectivity index (χ4v) is 8.01. The first-order valence-corrected chi connectivity index (χ1v) is 17.9. The molecule has 3 aliphatic rings. The predicted molar refractivity (Wildman–Crippen MR) is 178 cm³/mol. The molecule has 1 N–H and O–H groups in total. The van der Waals surface area contributed by atoms with E-state index in [2.05, 4.69) is 35.7 Å². The van der Waals surface area contributed by atoms with Crippen LogP contribution in [0.3, 0.4) is 0 Å². The number of carbonyl (C=O) groups is 2. The van der Waals surface area contributed by atoms with Crippen molar-refractivity contribution in [2.24, 2.45) is 5.92 Å². The number of sulfone groups is 1. The number of piperidine rings is 1. The molecular weight excluding hydrogens is 675 g/mol. The van der Waals surface area contributed by atoms with Gasteiger partial charge < -0.3 is 19.5 Å². The van der Waals surface area contributed by atoms with Crippen molar-refractivity contribution >= 4 is 33.1 Å². The summed E-state index contributed by atoms with van der Waals surface area (Å²) in [7, 11) is -2.85. The fraction of sp³-hybridized carbons (Fsp3) is 0.457. The van der Waals surface area contributed by atoms with Gasteiger partial charge in [0.15, 0.2) is 9.84 Å². The van der Waals surface area contributed by atoms with Crippen molar-refractivity contribution in [1.82, 2.24) is 20.4 Å². The van der Waals surface area contributed by atoms with Crippen LogP contribution in [-0.2, 0) is 25.9 Å². The molecular formula is C35H39F3N5O6S. The zero-order chi connectivity index (χ0) is 36.3. The van der Waals surface area contributed by atoms with E-state index in [1.165, 1.54) is 15.4 Å². The molecule has 0 saturated carbocycles. The molecule has 11 nitrogen and oxygen atoms in total. The average Bonchev–Trinajstić information content (AvgIpc) is 3.67. The summed E-state index contributed by atoms with van der Waals surface area (Å²) in [5.74, 6) is -6.52. The van der Waals surface area contributed by atoms with Crippen LogP contribution in [0.5, 0.6) is 0 Å². The minimum Gasteiger partial charge on any atom is -0.444 e. The van der Waals surface area contributed by atoms with Gasteiger partial charge >= 0.3 is 6.09 Å². The Morgan fingerprint density at radius 2 is 1.88 bits per heavy atom. The minimum absolute atomic E-state index is 0.119. The molecule has 2 atom stereocenters. The summed E-state index contributed by atoms with van der Waals surface area (Å²) in [6.45, 7) is 8.71. The minimum atomic E-state index is -4.39. The van der Waals surface area contributed by atoms with Crippen molar-refractivity contribution in [3.05, 3.63) is 71.2 Å². The van der Waals surface area contributed by atoms with Gasteiger partial charge in [-0.3, -0.25) is 9.69 Å². The van der Waals surface area contributed by atoms with Crippen LogP contribution in [0.4, 0.5) is 23.7 Å². The Labute approximate surface area is 288 Å². The van der Waals surface area contributed by atoms with E-state index < -0.39 is 74.8 Å². The SMILES string of the molecule is CC(C)C1=C(c2ccc(CN3C(=O)[C@@H](NC(=O)OC(C)(C)C)CS(=O)(=O)c4cc(F)c(-c5noc(C6CN(C)CC(F)(F)C6)n5)cc43)cc2)[CH]1. The monoisotopic (exact) mass is 714 g/mol. The van der Waals surface area contributed by atoms with Crippen LogP contribution >= 0.6 is 0 Å². The molecule has 50 heavy (non-hydrogen) atoms. The number of likely N-dealkylation sites (N-methyl/N-ethyl adjacent to an activating group) is 1. The van der Waals surface area contributed by atoms with E-state index in [0.717, 1.165) is 23.3 Å². The largest absolute Gasteiger partial charge is 0.444 e. The molecule has 1 radical (unpaired) electrons. The van der Waals surface area contributed by atoms with E-state index in [1.807, 2.05) is 24.3 Å². The number of nitrogens with zero attached hydrogens (tertiary/aromatic N) is 4. The van der Waals surface area contributed by atoms with Crippen molar-refractivity contribution in [2.75, 3.05) is 30.8 Å². The number of amides is 2. The molecule has 1 unspecified atom stereocenters. The van der Waals surface area contributed by atoms with Gasteiger partial charge in [0.25, 0.3) is 11.8 Å². The van der Waals surface area contributed by atoms with Crippen molar-refractivity contribution in [2.45, 2.75) is 76.0 Å². The topological polar surface area (TPSA) is 135 Å². The zero-order valence-electron chi connectivity index (χ0n) is 28.6. The molecule has 267 valence electrons. The van der Waals surface area contributed by atoms with Crippen molar-refractivity contribution in [3.63, 3.8) is 0 Å². The molecule has 3 heterocycles. The van der Waals surface area contributed by atoms with Gasteiger partial charge in [0.05, 0.1) is 40.9 Å². The van der Waals surface area contributed by atoms with Crippen LogP contribution in [-0.4, -0.2) is 78.9 Å². The van der Waals surface area contributed by atoms with E-state index in [0.29, 0.717) is 11.5 Å². The second-order valence-electron chi connectivity index (χ2n) is 14.5. The third-order valence-electron chi connectivity index (χ3n) is 8.68. The van der Waals surface area contributed by atoms with Gasteiger partial charge in [-0.15, -0.1) is 0 Å². The molecule has 15 heteroatoms. The van der Waals surface area contributed by atoms with E-state index in [-0.39, 0.29) is 36.1 Å². The highest BCUT2D eigenvalue weighted by atomic mass is 32.2. The maximum absolute atomic E-state index is 15.8. The third kappa shape index (κ3) is 7.58. The molecule has 0 bridgehead atoms. The lowest BCUT2D eigenvalue weighted by atomic mass is 9.95. The molecule has 1 saturated heterocycles. The number of rotatable bonds is 7. The standard InChI is InChI=1S/C35H39F3N5O6S/c1-19(2)23-11-24(23)21-9-7-20(8-10-21)15-43-28-12-25(30-40-31(49-41-30)22-14-35(37,38)18-42(6)16-22)26(36)13-29(28)50(46,47)17-27(32(43)44)39-33(45)48-34(3,4)5/h7-13,19,22,27H,14-18H2,1-6H3,(H,39,45)/t22?,27-/m0/s1. The summed E-state index contributed by atoms with van der Waals surface area (Å²) in [4.78, 5) is 33.3. The Morgan fingerprint density at radius 3 is 2.50 bits per heavy atom. The number of carbonyl (C=O) groups excluding carboxylic acids is 2. The number of benzene rings is 2. The maximum atomic E-state index is 15.8. The van der Waals surface area contributed by atoms with E-state index >= 15 is 4.39 Å². The second-order valence-corrected chi connectivity index (χ2v) is 16.5. The molecule has 2 aliphatic heterocycles. The van der Waals surface area contributed by atoms with Crippen LogP contribution in [0.1, 0.15) is 64.0 Å². The molecule has 1 fully saturated rings. The Kier molecular flexibility index (Phi) is 9.12. The number of ether oxygens (including phenoxy) is 1. The lowest BCUT2D eigenvalue weighted by molar-refractivity contribution is -0.120. The number of anilines is 1. The fourth-order valence-electron chi connectivity index (χ4n) is 6.40. The Balaban J connectivity index is 1.39. The molecule has 3 aromatic rings. The van der Waals surface area contributed by atoms with Crippen LogP contribution in [0.2, 0.25) is 0 Å². The van der Waals surface area contributed by atoms with E-state index in [1.54, 1.807) is 27.8 Å². The number of fused-ring (bicyclic) bond motifs is 1. The summed E-state index contributed by atoms with van der Waals surface area (Å²) in [6.07, 6.45) is 0.565. The zero-order valence-corrected chi connectivity index (χ0v) is 29.4. The Bertz CT molecular complexity index is 1970. The van der Waals surface area contributed by atoms with Crippen LogP contribution in [0.25, 0.3) is 17.0 Å². The Hall–Kier alpha value is -4.24. The summed E-state index contributed by atoms with van der Waals surface area (Å²) < 4.78 is 82.6. The lowest BCUT2D eigenvalue weighted by Gasteiger charge is -2.33. The maximum Gasteiger partial charge on any atom is 0.408 e. The first-order chi connectivity index (χ1) is 23.3. The molecule has 6 rings (SSSR count). The quantitative estimate of drug-likeness (QED) is 0.324. The first-order valence-electron chi connectivity index (χ1n) is 16.3. The van der Waals surface area contributed by atoms with Gasteiger partial charge in [0.1, 0.15) is 17.5 Å². The lowest BCUT2D eigenvalue weighted by Crippen LogP contribution is -2.51. The second kappa shape index (κ2) is 12.8. The van der Waals surface area contributed by atoms with Crippen LogP contribution in [0.15, 0.2) is 51.4 Å². The highest BCUT2D eigenvalue weighted by molar-refractivity contribution is 7.91. The molecule has 2 aromatic carbocycles. The number of nitrogens with one attached hydrogen (secondary N) is 1. The molecule has 0 spiro atoms. The number of allylic oxidation sites excluding steroid dienone is 2. The number of hydrogen-bond donors (Lipinski definition) is 1. The Morgan fingerprint density at radius 1 is 1.18 bits per heavy atom. The van der Waals surface area contributed by atoms with Gasteiger partial charge in [-0.2, -0.15) is 4.98 Å². The normalized spacial score (nSPS) is 22.0. The number of aromatic nitrogens is 2. The average molecular weight is 715 g/mol. The summed E-state index contributed by atoms with van der Waals surface area (Å²) in [5.41, 5.74) is 2.61. The number of halogens is 3. The van der Waals surface area contributed by atoms with Crippen molar-refractivity contribution < 1.29 is 40.4 Å². The summed E-state index contributed by atoms with van der Waals surface area (Å²) in [6, 6.07) is 7.76. The van der Waals surface area contributed by atoms with E-state index in [9.17, 15) is 26.8 Å². The predicted octanol–water partition coefficient (Wildman–Crippen LogP) is 5.77.